The number of ether oxygens (including phenoxy) is 1. The Labute approximate surface area is 109 Å². The first kappa shape index (κ1) is 13.1. The van der Waals surface area contributed by atoms with Gasteiger partial charge in [-0.3, -0.25) is 4.79 Å². The van der Waals surface area contributed by atoms with E-state index in [1.165, 1.54) is 0 Å². The SMILES string of the molecule is CN(C)c1ccc(C(=O)CCC2CCCO2)cc1. The number of benzene rings is 1. The van der Waals surface area contributed by atoms with Crippen molar-refractivity contribution in [2.45, 2.75) is 31.8 Å². The molecule has 1 heterocycles. The van der Waals surface area contributed by atoms with Crippen LogP contribution in [0.25, 0.3) is 0 Å². The lowest BCUT2D eigenvalue weighted by molar-refractivity contribution is 0.0859. The standard InChI is InChI=1S/C15H21NO2/c1-16(2)13-7-5-12(6-8-13)15(17)10-9-14-4-3-11-18-14/h5-8,14H,3-4,9-11H2,1-2H3. The highest BCUT2D eigenvalue weighted by Gasteiger charge is 2.17. The minimum Gasteiger partial charge on any atom is -0.378 e. The molecular weight excluding hydrogens is 226 g/mol. The third-order valence-electron chi connectivity index (χ3n) is 3.42. The number of nitrogens with zero attached hydrogens (tertiary/aromatic N) is 1. The molecular formula is C15H21NO2. The van der Waals surface area contributed by atoms with Crippen molar-refractivity contribution in [1.82, 2.24) is 0 Å². The molecule has 0 amide bonds. The Hall–Kier alpha value is -1.35. The Bertz CT molecular complexity index is 391. The Morgan fingerprint density at radius 2 is 2.06 bits per heavy atom. The minimum absolute atomic E-state index is 0.218. The Balaban J connectivity index is 1.87. The Morgan fingerprint density at radius 1 is 1.33 bits per heavy atom. The van der Waals surface area contributed by atoms with E-state index in [-0.39, 0.29) is 5.78 Å². The maximum Gasteiger partial charge on any atom is 0.162 e. The molecule has 3 heteroatoms. The molecule has 1 aliphatic heterocycles. The van der Waals surface area contributed by atoms with Crippen molar-refractivity contribution in [2.24, 2.45) is 0 Å². The van der Waals surface area contributed by atoms with Gasteiger partial charge in [-0.05, 0) is 43.5 Å². The van der Waals surface area contributed by atoms with Crippen LogP contribution in [0.1, 0.15) is 36.0 Å². The van der Waals surface area contributed by atoms with Crippen molar-refractivity contribution in [1.29, 1.82) is 0 Å². The summed E-state index contributed by atoms with van der Waals surface area (Å²) in [5, 5.41) is 0. The van der Waals surface area contributed by atoms with Gasteiger partial charge in [-0.15, -0.1) is 0 Å². The van der Waals surface area contributed by atoms with Crippen LogP contribution in [0.3, 0.4) is 0 Å². The average molecular weight is 247 g/mol. The molecule has 0 spiro atoms. The summed E-state index contributed by atoms with van der Waals surface area (Å²) in [7, 11) is 3.99. The molecule has 2 rings (SSSR count). The van der Waals surface area contributed by atoms with E-state index in [4.69, 9.17) is 4.74 Å². The summed E-state index contributed by atoms with van der Waals surface area (Å²) in [5.74, 6) is 0.218. The van der Waals surface area contributed by atoms with Crippen LogP contribution in [-0.4, -0.2) is 32.6 Å². The molecule has 0 aromatic heterocycles. The number of anilines is 1. The van der Waals surface area contributed by atoms with Crippen LogP contribution >= 0.6 is 0 Å². The van der Waals surface area contributed by atoms with Gasteiger partial charge in [-0.1, -0.05) is 0 Å². The van der Waals surface area contributed by atoms with Gasteiger partial charge < -0.3 is 9.64 Å². The molecule has 1 unspecified atom stereocenters. The van der Waals surface area contributed by atoms with Gasteiger partial charge in [0.25, 0.3) is 0 Å². The van der Waals surface area contributed by atoms with Gasteiger partial charge in [-0.2, -0.15) is 0 Å². The van der Waals surface area contributed by atoms with Crippen LogP contribution in [0.2, 0.25) is 0 Å². The van der Waals surface area contributed by atoms with E-state index in [2.05, 4.69) is 0 Å². The molecule has 1 aliphatic rings. The normalized spacial score (nSPS) is 18.9. The minimum atomic E-state index is 0.218. The lowest BCUT2D eigenvalue weighted by Gasteiger charge is -2.12. The Morgan fingerprint density at radius 3 is 2.61 bits per heavy atom. The number of hydrogen-bond acceptors (Lipinski definition) is 3. The van der Waals surface area contributed by atoms with Crippen LogP contribution in [0, 0.1) is 0 Å². The quantitative estimate of drug-likeness (QED) is 0.749. The predicted octanol–water partition coefficient (Wildman–Crippen LogP) is 2.89. The number of carbonyl (C=O) groups is 1. The van der Waals surface area contributed by atoms with Gasteiger partial charge >= 0.3 is 0 Å². The van der Waals surface area contributed by atoms with E-state index in [9.17, 15) is 4.79 Å². The fourth-order valence-electron chi connectivity index (χ4n) is 2.25. The molecule has 0 bridgehead atoms. The molecule has 1 saturated heterocycles. The number of rotatable bonds is 5. The van der Waals surface area contributed by atoms with Gasteiger partial charge in [0.15, 0.2) is 5.78 Å². The molecule has 0 radical (unpaired) electrons. The first-order valence-electron chi connectivity index (χ1n) is 6.59. The highest BCUT2D eigenvalue weighted by atomic mass is 16.5. The summed E-state index contributed by atoms with van der Waals surface area (Å²) in [6, 6.07) is 7.79. The summed E-state index contributed by atoms with van der Waals surface area (Å²) in [6.07, 6.45) is 3.98. The van der Waals surface area contributed by atoms with Crippen LogP contribution in [-0.2, 0) is 4.74 Å². The maximum atomic E-state index is 12.0. The summed E-state index contributed by atoms with van der Waals surface area (Å²) >= 11 is 0. The zero-order valence-electron chi connectivity index (χ0n) is 11.2. The summed E-state index contributed by atoms with van der Waals surface area (Å²) in [5.41, 5.74) is 1.92. The lowest BCUT2D eigenvalue weighted by Crippen LogP contribution is -2.10. The highest BCUT2D eigenvalue weighted by molar-refractivity contribution is 5.96. The second kappa shape index (κ2) is 6.01. The smallest absolute Gasteiger partial charge is 0.162 e. The summed E-state index contributed by atoms with van der Waals surface area (Å²) in [6.45, 7) is 0.858. The first-order valence-corrected chi connectivity index (χ1v) is 6.59. The average Bonchev–Trinajstić information content (AvgIpc) is 2.89. The highest BCUT2D eigenvalue weighted by Crippen LogP contribution is 2.19. The molecule has 1 aromatic carbocycles. The van der Waals surface area contributed by atoms with E-state index in [0.29, 0.717) is 12.5 Å². The largest absolute Gasteiger partial charge is 0.378 e. The van der Waals surface area contributed by atoms with E-state index in [1.807, 2.05) is 43.3 Å². The van der Waals surface area contributed by atoms with E-state index in [0.717, 1.165) is 37.1 Å². The predicted molar refractivity (Wildman–Crippen MR) is 73.3 cm³/mol. The van der Waals surface area contributed by atoms with Gasteiger partial charge in [0.2, 0.25) is 0 Å². The van der Waals surface area contributed by atoms with Gasteiger partial charge in [0.1, 0.15) is 0 Å². The van der Waals surface area contributed by atoms with Crippen molar-refractivity contribution >= 4 is 11.5 Å². The fraction of sp³-hybridized carbons (Fsp3) is 0.533. The third kappa shape index (κ3) is 3.33. The zero-order valence-corrected chi connectivity index (χ0v) is 11.2. The molecule has 1 aromatic rings. The molecule has 0 aliphatic carbocycles. The van der Waals surface area contributed by atoms with Crippen molar-refractivity contribution in [3.8, 4) is 0 Å². The van der Waals surface area contributed by atoms with Crippen LogP contribution in [0.15, 0.2) is 24.3 Å². The Kier molecular flexibility index (Phi) is 4.37. The number of hydrogen-bond donors (Lipinski definition) is 0. The van der Waals surface area contributed by atoms with E-state index in [1.54, 1.807) is 0 Å². The monoisotopic (exact) mass is 247 g/mol. The molecule has 98 valence electrons. The van der Waals surface area contributed by atoms with E-state index < -0.39 is 0 Å². The van der Waals surface area contributed by atoms with Crippen molar-refractivity contribution in [3.05, 3.63) is 29.8 Å². The lowest BCUT2D eigenvalue weighted by atomic mass is 10.0. The van der Waals surface area contributed by atoms with Gasteiger partial charge in [0.05, 0.1) is 6.10 Å². The molecule has 0 N–H and O–H groups in total. The summed E-state index contributed by atoms with van der Waals surface area (Å²) in [4.78, 5) is 14.0. The van der Waals surface area contributed by atoms with Crippen LogP contribution < -0.4 is 4.90 Å². The molecule has 1 atom stereocenters. The van der Waals surface area contributed by atoms with Gasteiger partial charge in [-0.25, -0.2) is 0 Å². The number of Topliss-reactive ketones (excluding diaryl/α,β-unsaturated/α-hetero) is 1. The van der Waals surface area contributed by atoms with Crippen molar-refractivity contribution in [3.63, 3.8) is 0 Å². The molecule has 1 fully saturated rings. The second-order valence-corrected chi connectivity index (χ2v) is 5.04. The number of carbonyl (C=O) groups excluding carboxylic acids is 1. The number of ketones is 1. The van der Waals surface area contributed by atoms with Crippen molar-refractivity contribution < 1.29 is 9.53 Å². The second-order valence-electron chi connectivity index (χ2n) is 5.04. The maximum absolute atomic E-state index is 12.0. The molecule has 0 saturated carbocycles. The van der Waals surface area contributed by atoms with E-state index >= 15 is 0 Å². The van der Waals surface area contributed by atoms with Crippen molar-refractivity contribution in [2.75, 3.05) is 25.6 Å². The summed E-state index contributed by atoms with van der Waals surface area (Å²) < 4.78 is 5.53. The van der Waals surface area contributed by atoms with Gasteiger partial charge in [0, 0.05) is 38.4 Å². The van der Waals surface area contributed by atoms with Crippen LogP contribution in [0.5, 0.6) is 0 Å². The molecule has 3 nitrogen and oxygen atoms in total. The van der Waals surface area contributed by atoms with Crippen LogP contribution in [0.4, 0.5) is 5.69 Å². The molecule has 18 heavy (non-hydrogen) atoms. The first-order chi connectivity index (χ1) is 8.66. The topological polar surface area (TPSA) is 29.5 Å². The third-order valence-corrected chi connectivity index (χ3v) is 3.42. The zero-order chi connectivity index (χ0) is 13.0. The fourth-order valence-corrected chi connectivity index (χ4v) is 2.25.